The number of nitrogens with zero attached hydrogens (tertiary/aromatic N) is 3. The first-order chi connectivity index (χ1) is 20.2. The number of ether oxygens (including phenoxy) is 1. The van der Waals surface area contributed by atoms with Gasteiger partial charge in [0.05, 0.1) is 25.0 Å². The van der Waals surface area contributed by atoms with Crippen molar-refractivity contribution in [3.8, 4) is 0 Å². The first-order valence-electron chi connectivity index (χ1n) is 13.7. The molecular weight excluding hydrogens is 600 g/mol. The highest BCUT2D eigenvalue weighted by atomic mass is 35.5. The minimum absolute atomic E-state index is 0.0356. The SMILES string of the molecule is O=C(c1ccc(F)c(S(=O)(=O)N2CCOCC2)c1)N1N=C2/C(=C\c3ccc(Cl)cc3)CCC[C@@H]2[C@H]1c1ccc(Cl)cc1. The van der Waals surface area contributed by atoms with Crippen LogP contribution in [-0.4, -0.2) is 55.7 Å². The molecule has 42 heavy (non-hydrogen) atoms. The quantitative estimate of drug-likeness (QED) is 0.320. The highest BCUT2D eigenvalue weighted by Gasteiger charge is 2.44. The van der Waals surface area contributed by atoms with Crippen LogP contribution in [0.2, 0.25) is 10.0 Å². The van der Waals surface area contributed by atoms with Gasteiger partial charge in [-0.25, -0.2) is 17.8 Å². The number of rotatable bonds is 5. The summed E-state index contributed by atoms with van der Waals surface area (Å²) in [6.07, 6.45) is 4.59. The van der Waals surface area contributed by atoms with Gasteiger partial charge in [0.2, 0.25) is 10.0 Å². The Kier molecular flexibility index (Phi) is 8.22. The third-order valence-electron chi connectivity index (χ3n) is 7.90. The van der Waals surface area contributed by atoms with Gasteiger partial charge in [-0.2, -0.15) is 9.41 Å². The number of hydrogen-bond donors (Lipinski definition) is 0. The van der Waals surface area contributed by atoms with Gasteiger partial charge in [-0.3, -0.25) is 4.79 Å². The molecule has 218 valence electrons. The normalized spacial score (nSPS) is 22.2. The molecule has 3 aromatic carbocycles. The number of allylic oxidation sites excluding steroid dienone is 1. The standard InChI is InChI=1S/C31H28Cl2FN3O4S/c32-24-9-4-20(5-10-24)18-22-2-1-3-26-29(22)35-37(30(26)21-6-11-25(33)12-7-21)31(38)23-8-13-27(34)28(19-23)42(39,40)36-14-16-41-17-15-36/h4-13,18-19,26,30H,1-3,14-17H2/b22-18-/t26-,30+/m0/s1. The van der Waals surface area contributed by atoms with Gasteiger partial charge in [0.1, 0.15) is 10.7 Å². The smallest absolute Gasteiger partial charge is 0.274 e. The Morgan fingerprint density at radius 3 is 2.33 bits per heavy atom. The van der Waals surface area contributed by atoms with Crippen LogP contribution in [0.4, 0.5) is 4.39 Å². The van der Waals surface area contributed by atoms with Crippen molar-refractivity contribution in [3.05, 3.63) is 105 Å². The van der Waals surface area contributed by atoms with Crippen molar-refractivity contribution in [2.24, 2.45) is 11.0 Å². The first kappa shape index (κ1) is 29.0. The molecule has 0 spiro atoms. The molecule has 0 unspecified atom stereocenters. The van der Waals surface area contributed by atoms with Gasteiger partial charge in [0.25, 0.3) is 5.91 Å². The molecule has 6 rings (SSSR count). The van der Waals surface area contributed by atoms with Crippen molar-refractivity contribution in [2.75, 3.05) is 26.3 Å². The molecule has 2 atom stereocenters. The van der Waals surface area contributed by atoms with E-state index in [4.69, 9.17) is 33.0 Å². The van der Waals surface area contributed by atoms with Gasteiger partial charge in [-0.05, 0) is 84.5 Å². The van der Waals surface area contributed by atoms with E-state index in [2.05, 4.69) is 6.08 Å². The maximum Gasteiger partial charge on any atom is 0.274 e. The van der Waals surface area contributed by atoms with E-state index in [1.807, 2.05) is 36.4 Å². The van der Waals surface area contributed by atoms with Gasteiger partial charge in [0.15, 0.2) is 0 Å². The second-order valence-corrected chi connectivity index (χ2v) is 13.3. The highest BCUT2D eigenvalue weighted by molar-refractivity contribution is 7.89. The van der Waals surface area contributed by atoms with E-state index in [-0.39, 0.29) is 37.8 Å². The van der Waals surface area contributed by atoms with Crippen LogP contribution in [0.5, 0.6) is 0 Å². The summed E-state index contributed by atoms with van der Waals surface area (Å²) in [4.78, 5) is 13.6. The number of amides is 1. The molecule has 0 radical (unpaired) electrons. The van der Waals surface area contributed by atoms with Gasteiger partial charge in [-0.1, -0.05) is 47.5 Å². The lowest BCUT2D eigenvalue weighted by molar-refractivity contribution is 0.0680. The predicted octanol–water partition coefficient (Wildman–Crippen LogP) is 6.59. The molecule has 0 bridgehead atoms. The Labute approximate surface area is 254 Å². The molecule has 1 amide bonds. The molecule has 11 heteroatoms. The molecule has 1 aliphatic carbocycles. The van der Waals surface area contributed by atoms with Crippen molar-refractivity contribution in [3.63, 3.8) is 0 Å². The van der Waals surface area contributed by atoms with Crippen LogP contribution in [0.1, 0.15) is 46.8 Å². The fourth-order valence-electron chi connectivity index (χ4n) is 5.81. The monoisotopic (exact) mass is 627 g/mol. The molecule has 0 aromatic heterocycles. The van der Waals surface area contributed by atoms with Gasteiger partial charge in [0, 0.05) is 34.6 Å². The maximum atomic E-state index is 14.9. The van der Waals surface area contributed by atoms with Crippen LogP contribution >= 0.6 is 23.2 Å². The summed E-state index contributed by atoms with van der Waals surface area (Å²) >= 11 is 12.3. The van der Waals surface area contributed by atoms with Gasteiger partial charge in [-0.15, -0.1) is 0 Å². The third-order valence-corrected chi connectivity index (χ3v) is 10.3. The fraction of sp³-hybridized carbons (Fsp3) is 0.290. The number of benzene rings is 3. The second kappa shape index (κ2) is 11.9. The molecule has 2 aliphatic heterocycles. The van der Waals surface area contributed by atoms with Crippen molar-refractivity contribution in [1.82, 2.24) is 9.31 Å². The number of morpholine rings is 1. The molecule has 1 saturated heterocycles. The Morgan fingerprint density at radius 1 is 0.976 bits per heavy atom. The Bertz CT molecular complexity index is 1670. The van der Waals surface area contributed by atoms with E-state index < -0.39 is 32.7 Å². The number of hydrogen-bond acceptors (Lipinski definition) is 5. The number of fused-ring (bicyclic) bond motifs is 1. The van der Waals surface area contributed by atoms with Gasteiger partial charge < -0.3 is 4.74 Å². The van der Waals surface area contributed by atoms with Crippen LogP contribution in [0.3, 0.4) is 0 Å². The van der Waals surface area contributed by atoms with Crippen molar-refractivity contribution in [1.29, 1.82) is 0 Å². The van der Waals surface area contributed by atoms with E-state index in [9.17, 15) is 17.6 Å². The van der Waals surface area contributed by atoms with Crippen molar-refractivity contribution >= 4 is 50.9 Å². The van der Waals surface area contributed by atoms with Crippen LogP contribution < -0.4 is 0 Å². The largest absolute Gasteiger partial charge is 0.379 e. The zero-order chi connectivity index (χ0) is 29.4. The third kappa shape index (κ3) is 5.64. The molecule has 7 nitrogen and oxygen atoms in total. The number of carbonyl (C=O) groups excluding carboxylic acids is 1. The summed E-state index contributed by atoms with van der Waals surface area (Å²) in [6.45, 7) is 0.674. The number of sulfonamides is 1. The Balaban J connectivity index is 1.40. The summed E-state index contributed by atoms with van der Waals surface area (Å²) in [5.41, 5.74) is 3.70. The lowest BCUT2D eigenvalue weighted by Gasteiger charge is -2.30. The second-order valence-electron chi connectivity index (χ2n) is 10.5. The number of carbonyl (C=O) groups is 1. The molecule has 3 aliphatic rings. The van der Waals surface area contributed by atoms with Gasteiger partial charge >= 0.3 is 0 Å². The summed E-state index contributed by atoms with van der Waals surface area (Å²) in [6, 6.07) is 17.8. The van der Waals surface area contributed by atoms with Crippen molar-refractivity contribution in [2.45, 2.75) is 30.2 Å². The summed E-state index contributed by atoms with van der Waals surface area (Å²) in [5.74, 6) is -1.51. The molecule has 2 fully saturated rings. The Hall–Kier alpha value is -3.08. The summed E-state index contributed by atoms with van der Waals surface area (Å²) in [5, 5.41) is 7.50. The lowest BCUT2D eigenvalue weighted by atomic mass is 9.77. The zero-order valence-electron chi connectivity index (χ0n) is 22.5. The van der Waals surface area contributed by atoms with E-state index in [0.29, 0.717) is 10.0 Å². The van der Waals surface area contributed by atoms with E-state index in [0.717, 1.165) is 53.8 Å². The maximum absolute atomic E-state index is 14.9. The van der Waals surface area contributed by atoms with Crippen molar-refractivity contribution < 1.29 is 22.3 Å². The minimum atomic E-state index is -4.17. The molecule has 2 heterocycles. The fourth-order valence-corrected chi connectivity index (χ4v) is 7.56. The highest BCUT2D eigenvalue weighted by Crippen LogP contribution is 2.45. The average Bonchev–Trinajstić information content (AvgIpc) is 3.39. The van der Waals surface area contributed by atoms with Crippen LogP contribution in [0.15, 0.2) is 82.3 Å². The average molecular weight is 629 g/mol. The topological polar surface area (TPSA) is 79.3 Å². The predicted molar refractivity (Wildman–Crippen MR) is 161 cm³/mol. The minimum Gasteiger partial charge on any atom is -0.379 e. The van der Waals surface area contributed by atoms with E-state index in [1.54, 1.807) is 12.1 Å². The van der Waals surface area contributed by atoms with Crippen LogP contribution in [-0.2, 0) is 14.8 Å². The molecular formula is C31H28Cl2FN3O4S. The summed E-state index contributed by atoms with van der Waals surface area (Å²) < 4.78 is 48.0. The lowest BCUT2D eigenvalue weighted by Crippen LogP contribution is -2.41. The number of halogens is 3. The molecule has 3 aromatic rings. The molecule has 0 N–H and O–H groups in total. The summed E-state index contributed by atoms with van der Waals surface area (Å²) in [7, 11) is -4.17. The van der Waals surface area contributed by atoms with E-state index >= 15 is 0 Å². The van der Waals surface area contributed by atoms with Crippen LogP contribution in [0, 0.1) is 11.7 Å². The van der Waals surface area contributed by atoms with E-state index in [1.165, 1.54) is 15.4 Å². The zero-order valence-corrected chi connectivity index (χ0v) is 24.9. The molecule has 1 saturated carbocycles. The van der Waals surface area contributed by atoms with Crippen LogP contribution in [0.25, 0.3) is 6.08 Å². The Morgan fingerprint density at radius 2 is 1.64 bits per heavy atom. The first-order valence-corrected chi connectivity index (χ1v) is 15.9. The number of hydrazone groups is 1.